The molecule has 0 spiro atoms. The largest absolute Gasteiger partial charge is 0.507 e. The predicted molar refractivity (Wildman–Crippen MR) is 138 cm³/mol. The molecule has 0 aliphatic heterocycles. The van der Waals surface area contributed by atoms with E-state index >= 15 is 0 Å². The third kappa shape index (κ3) is 7.20. The average molecular weight is 473 g/mol. The molecule has 0 saturated carbocycles. The molecular formula is C27H28N4O4. The summed E-state index contributed by atoms with van der Waals surface area (Å²) in [4.78, 5) is 27.6. The molecule has 0 aliphatic carbocycles. The minimum absolute atomic E-state index is 0.0181. The molecule has 3 aromatic carbocycles. The zero-order chi connectivity index (χ0) is 25.2. The van der Waals surface area contributed by atoms with Crippen molar-refractivity contribution in [2.75, 3.05) is 25.6 Å². The Kier molecular flexibility index (Phi) is 8.61. The van der Waals surface area contributed by atoms with E-state index in [4.69, 9.17) is 4.74 Å². The molecule has 8 heteroatoms. The first kappa shape index (κ1) is 25.0. The lowest BCUT2D eigenvalue weighted by atomic mass is 10.1. The predicted octanol–water partition coefficient (Wildman–Crippen LogP) is 3.78. The summed E-state index contributed by atoms with van der Waals surface area (Å²) in [6, 6.07) is 20.9. The number of hydrogen-bond donors (Lipinski definition) is 3. The van der Waals surface area contributed by atoms with Crippen molar-refractivity contribution < 1.29 is 19.4 Å². The number of anilines is 1. The Labute approximate surface area is 204 Å². The van der Waals surface area contributed by atoms with Gasteiger partial charge in [-0.1, -0.05) is 30.3 Å². The van der Waals surface area contributed by atoms with Crippen molar-refractivity contribution in [3.05, 3.63) is 95.2 Å². The van der Waals surface area contributed by atoms with Gasteiger partial charge in [-0.15, -0.1) is 0 Å². The number of carbonyl (C=O) groups excluding carboxylic acids is 2. The molecule has 0 unspecified atom stereocenters. The molecule has 3 rings (SSSR count). The topological polar surface area (TPSA) is 103 Å². The first-order chi connectivity index (χ1) is 16.9. The van der Waals surface area contributed by atoms with Crippen molar-refractivity contribution in [3.63, 3.8) is 0 Å². The van der Waals surface area contributed by atoms with Gasteiger partial charge in [0, 0.05) is 37.0 Å². The van der Waals surface area contributed by atoms with Gasteiger partial charge in [-0.3, -0.25) is 9.59 Å². The maximum absolute atomic E-state index is 12.9. The summed E-state index contributed by atoms with van der Waals surface area (Å²) in [5.41, 5.74) is 4.95. The monoisotopic (exact) mass is 472 g/mol. The van der Waals surface area contributed by atoms with Crippen LogP contribution in [0.3, 0.4) is 0 Å². The van der Waals surface area contributed by atoms with E-state index in [2.05, 4.69) is 15.8 Å². The summed E-state index contributed by atoms with van der Waals surface area (Å²) in [5, 5.41) is 16.7. The number of amides is 2. The number of nitrogens with one attached hydrogen (secondary N) is 2. The Hall–Kier alpha value is -4.59. The zero-order valence-electron chi connectivity index (χ0n) is 19.9. The first-order valence-electron chi connectivity index (χ1n) is 11.0. The van der Waals surface area contributed by atoms with Crippen LogP contribution in [0.2, 0.25) is 0 Å². The normalized spacial score (nSPS) is 11.2. The van der Waals surface area contributed by atoms with Crippen LogP contribution in [0.5, 0.6) is 11.5 Å². The number of hydrazone groups is 1. The Morgan fingerprint density at radius 3 is 2.37 bits per heavy atom. The van der Waals surface area contributed by atoms with Crippen molar-refractivity contribution in [1.29, 1.82) is 0 Å². The van der Waals surface area contributed by atoms with Gasteiger partial charge in [0.05, 0.1) is 12.8 Å². The molecule has 8 nitrogen and oxygen atoms in total. The lowest BCUT2D eigenvalue weighted by molar-refractivity contribution is -0.117. The minimum Gasteiger partial charge on any atom is -0.507 e. The number of nitrogens with zero attached hydrogens (tertiary/aromatic N) is 2. The standard InChI is InChI=1S/C27H28N4O4/c1-4-35-23-15-12-21(25(32)17-23)18-28-30-27(34)24(29-26(33)20-8-6-5-7-9-20)16-19-10-13-22(14-11-19)31(2)3/h5-18,32H,4H2,1-3H3,(H,29,33)(H,30,34)/b24-16+,28-18+. The van der Waals surface area contributed by atoms with Gasteiger partial charge < -0.3 is 20.1 Å². The number of hydrogen-bond acceptors (Lipinski definition) is 6. The molecule has 180 valence electrons. The molecule has 3 N–H and O–H groups in total. The maximum Gasteiger partial charge on any atom is 0.287 e. The Bertz CT molecular complexity index is 1220. The van der Waals surface area contributed by atoms with Crippen molar-refractivity contribution in [3.8, 4) is 11.5 Å². The number of benzene rings is 3. The number of aromatic hydroxyl groups is 1. The summed E-state index contributed by atoms with van der Waals surface area (Å²) in [6.45, 7) is 2.32. The highest BCUT2D eigenvalue weighted by Gasteiger charge is 2.14. The fourth-order valence-corrected chi connectivity index (χ4v) is 3.09. The minimum atomic E-state index is -0.618. The van der Waals surface area contributed by atoms with E-state index in [1.165, 1.54) is 12.3 Å². The summed E-state index contributed by atoms with van der Waals surface area (Å²) in [7, 11) is 3.87. The van der Waals surface area contributed by atoms with Crippen LogP contribution in [0.15, 0.2) is 83.6 Å². The first-order valence-corrected chi connectivity index (χ1v) is 11.0. The Morgan fingerprint density at radius 1 is 1.03 bits per heavy atom. The Balaban J connectivity index is 1.80. The van der Waals surface area contributed by atoms with E-state index in [-0.39, 0.29) is 11.4 Å². The second-order valence-corrected chi connectivity index (χ2v) is 7.72. The number of rotatable bonds is 9. The number of carbonyl (C=O) groups is 2. The smallest absolute Gasteiger partial charge is 0.287 e. The molecule has 0 aliphatic rings. The molecule has 2 amide bonds. The van der Waals surface area contributed by atoms with Gasteiger partial charge in [0.2, 0.25) is 0 Å². The third-order valence-electron chi connectivity index (χ3n) is 4.93. The molecular weight excluding hydrogens is 444 g/mol. The molecule has 0 atom stereocenters. The molecule has 0 heterocycles. The van der Waals surface area contributed by atoms with Crippen LogP contribution in [0.1, 0.15) is 28.4 Å². The summed E-state index contributed by atoms with van der Waals surface area (Å²) >= 11 is 0. The number of phenolic OH excluding ortho intramolecular Hbond substituents is 1. The summed E-state index contributed by atoms with van der Waals surface area (Å²) in [6.07, 6.45) is 2.88. The van der Waals surface area contributed by atoms with E-state index in [1.54, 1.807) is 48.5 Å². The number of phenols is 1. The van der Waals surface area contributed by atoms with Gasteiger partial charge in [-0.05, 0) is 55.0 Å². The SMILES string of the molecule is CCOc1ccc(/C=N/NC(=O)/C(=C\c2ccc(N(C)C)cc2)NC(=O)c2ccccc2)c(O)c1. The lowest BCUT2D eigenvalue weighted by Crippen LogP contribution is -2.32. The van der Waals surface area contributed by atoms with E-state index < -0.39 is 11.8 Å². The van der Waals surface area contributed by atoms with Crippen LogP contribution in [0, 0.1) is 0 Å². The highest BCUT2D eigenvalue weighted by Crippen LogP contribution is 2.22. The van der Waals surface area contributed by atoms with Crippen LogP contribution in [-0.4, -0.2) is 43.8 Å². The highest BCUT2D eigenvalue weighted by molar-refractivity contribution is 6.05. The van der Waals surface area contributed by atoms with Crippen LogP contribution in [0.4, 0.5) is 5.69 Å². The second kappa shape index (κ2) is 12.0. The fraction of sp³-hybridized carbons (Fsp3) is 0.148. The molecule has 0 fully saturated rings. The second-order valence-electron chi connectivity index (χ2n) is 7.72. The van der Waals surface area contributed by atoms with Gasteiger partial charge in [0.1, 0.15) is 17.2 Å². The molecule has 0 saturated heterocycles. The van der Waals surface area contributed by atoms with Crippen molar-refractivity contribution in [2.45, 2.75) is 6.92 Å². The molecule has 0 radical (unpaired) electrons. The maximum atomic E-state index is 12.9. The van der Waals surface area contributed by atoms with Crippen molar-refractivity contribution >= 4 is 29.8 Å². The van der Waals surface area contributed by atoms with Gasteiger partial charge in [0.15, 0.2) is 0 Å². The lowest BCUT2D eigenvalue weighted by Gasteiger charge is -2.12. The quantitative estimate of drug-likeness (QED) is 0.250. The van der Waals surface area contributed by atoms with Gasteiger partial charge >= 0.3 is 0 Å². The van der Waals surface area contributed by atoms with Crippen LogP contribution in [0.25, 0.3) is 6.08 Å². The molecule has 35 heavy (non-hydrogen) atoms. The molecule has 3 aromatic rings. The van der Waals surface area contributed by atoms with Crippen LogP contribution in [-0.2, 0) is 4.79 Å². The van der Waals surface area contributed by atoms with Gasteiger partial charge in [0.25, 0.3) is 11.8 Å². The molecule has 0 aromatic heterocycles. The van der Waals surface area contributed by atoms with Crippen molar-refractivity contribution in [2.24, 2.45) is 5.10 Å². The average Bonchev–Trinajstić information content (AvgIpc) is 2.86. The van der Waals surface area contributed by atoms with E-state index in [9.17, 15) is 14.7 Å². The van der Waals surface area contributed by atoms with Gasteiger partial charge in [-0.2, -0.15) is 5.10 Å². The highest BCUT2D eigenvalue weighted by atomic mass is 16.5. The summed E-state index contributed by atoms with van der Waals surface area (Å²) < 4.78 is 5.34. The van der Waals surface area contributed by atoms with Crippen LogP contribution >= 0.6 is 0 Å². The molecule has 0 bridgehead atoms. The van der Waals surface area contributed by atoms with Crippen LogP contribution < -0.4 is 20.4 Å². The summed E-state index contributed by atoms with van der Waals surface area (Å²) in [5.74, 6) is -0.555. The third-order valence-corrected chi connectivity index (χ3v) is 4.93. The van der Waals surface area contributed by atoms with Gasteiger partial charge in [-0.25, -0.2) is 5.43 Å². The van der Waals surface area contributed by atoms with Crippen molar-refractivity contribution in [1.82, 2.24) is 10.7 Å². The Morgan fingerprint density at radius 2 is 1.74 bits per heavy atom. The number of ether oxygens (including phenoxy) is 1. The van der Waals surface area contributed by atoms with E-state index in [0.29, 0.717) is 23.5 Å². The zero-order valence-corrected chi connectivity index (χ0v) is 19.9. The van der Waals surface area contributed by atoms with E-state index in [1.807, 2.05) is 50.2 Å². The van der Waals surface area contributed by atoms with E-state index in [0.717, 1.165) is 11.3 Å². The fourth-order valence-electron chi connectivity index (χ4n) is 3.09.